The molecular formula is C25H27F3N2S. The molecule has 1 aliphatic rings. The molecule has 0 saturated heterocycles. The molecule has 2 aromatic carbocycles. The summed E-state index contributed by atoms with van der Waals surface area (Å²) < 4.78 is 38.4. The van der Waals surface area contributed by atoms with E-state index in [2.05, 4.69) is 25.2 Å². The number of halogens is 3. The molecule has 0 aliphatic heterocycles. The standard InChI is InChI=1S/C25H27F3N2S/c1-3-17-8-7-10-23(20(17)4-2)30-16-22(29)21-9-5-6-11-24(21)31-19-14-12-18(13-15-19)25(26,27)28/h5-6,9-16,30H,3-4,7-8,29H2,1-2H3/b22-16-. The Balaban J connectivity index is 1.79. The van der Waals surface area contributed by atoms with Crippen LogP contribution in [-0.4, -0.2) is 0 Å². The van der Waals surface area contributed by atoms with Gasteiger partial charge in [0.1, 0.15) is 0 Å². The quantitative estimate of drug-likeness (QED) is 0.464. The third-order valence-electron chi connectivity index (χ3n) is 5.32. The summed E-state index contributed by atoms with van der Waals surface area (Å²) in [6.45, 7) is 4.35. The van der Waals surface area contributed by atoms with Crippen molar-refractivity contribution >= 4 is 17.5 Å². The van der Waals surface area contributed by atoms with Gasteiger partial charge < -0.3 is 11.1 Å². The van der Waals surface area contributed by atoms with E-state index in [9.17, 15) is 13.2 Å². The maximum atomic E-state index is 12.8. The van der Waals surface area contributed by atoms with E-state index in [0.29, 0.717) is 5.70 Å². The lowest BCUT2D eigenvalue weighted by Crippen LogP contribution is -2.14. The van der Waals surface area contributed by atoms with Gasteiger partial charge >= 0.3 is 6.18 Å². The van der Waals surface area contributed by atoms with Crippen molar-refractivity contribution in [1.29, 1.82) is 0 Å². The topological polar surface area (TPSA) is 38.0 Å². The van der Waals surface area contributed by atoms with Crippen LogP contribution in [0.5, 0.6) is 0 Å². The molecule has 3 rings (SSSR count). The number of nitrogens with two attached hydrogens (primary N) is 1. The molecule has 0 amide bonds. The molecule has 2 nitrogen and oxygen atoms in total. The number of hydrogen-bond acceptors (Lipinski definition) is 3. The number of nitrogens with one attached hydrogen (secondary N) is 1. The van der Waals surface area contributed by atoms with Crippen LogP contribution in [0.4, 0.5) is 13.2 Å². The van der Waals surface area contributed by atoms with Crippen molar-refractivity contribution in [2.75, 3.05) is 0 Å². The fourth-order valence-corrected chi connectivity index (χ4v) is 4.67. The summed E-state index contributed by atoms with van der Waals surface area (Å²) in [5.74, 6) is 0. The lowest BCUT2D eigenvalue weighted by molar-refractivity contribution is -0.137. The monoisotopic (exact) mass is 444 g/mol. The second kappa shape index (κ2) is 10.1. The van der Waals surface area contributed by atoms with Crippen LogP contribution in [0.2, 0.25) is 0 Å². The molecule has 1 aliphatic carbocycles. The Bertz CT molecular complexity index is 1000. The van der Waals surface area contributed by atoms with Crippen LogP contribution in [0.25, 0.3) is 5.70 Å². The number of benzene rings is 2. The Kier molecular flexibility index (Phi) is 7.55. The minimum atomic E-state index is -4.34. The first-order valence-electron chi connectivity index (χ1n) is 10.4. The molecular weight excluding hydrogens is 417 g/mol. The Labute approximate surface area is 186 Å². The van der Waals surface area contributed by atoms with Crippen LogP contribution in [0.3, 0.4) is 0 Å². The van der Waals surface area contributed by atoms with Gasteiger partial charge in [-0.05, 0) is 61.6 Å². The van der Waals surface area contributed by atoms with Crippen molar-refractivity contribution in [3.05, 3.63) is 88.8 Å². The zero-order valence-corrected chi connectivity index (χ0v) is 18.5. The minimum Gasteiger partial charge on any atom is -0.397 e. The molecule has 0 radical (unpaired) electrons. The molecule has 0 bridgehead atoms. The maximum absolute atomic E-state index is 12.8. The molecule has 164 valence electrons. The smallest absolute Gasteiger partial charge is 0.397 e. The second-order valence-corrected chi connectivity index (χ2v) is 8.43. The first-order valence-corrected chi connectivity index (χ1v) is 11.2. The van der Waals surface area contributed by atoms with Gasteiger partial charge in [-0.25, -0.2) is 0 Å². The van der Waals surface area contributed by atoms with Gasteiger partial charge in [0.15, 0.2) is 0 Å². The first kappa shape index (κ1) is 23.1. The van der Waals surface area contributed by atoms with Crippen LogP contribution < -0.4 is 11.1 Å². The summed E-state index contributed by atoms with van der Waals surface area (Å²) in [7, 11) is 0. The number of allylic oxidation sites excluding steroid dienone is 3. The molecule has 0 fully saturated rings. The lowest BCUT2D eigenvalue weighted by Gasteiger charge is -2.21. The van der Waals surface area contributed by atoms with E-state index in [-0.39, 0.29) is 0 Å². The Morgan fingerprint density at radius 1 is 1.06 bits per heavy atom. The molecule has 2 aromatic rings. The van der Waals surface area contributed by atoms with Crippen LogP contribution in [0.1, 0.15) is 50.7 Å². The van der Waals surface area contributed by atoms with Crippen LogP contribution in [-0.2, 0) is 6.18 Å². The summed E-state index contributed by atoms with van der Waals surface area (Å²) in [6.07, 6.45) is 3.83. The Morgan fingerprint density at radius 2 is 1.77 bits per heavy atom. The van der Waals surface area contributed by atoms with Crippen molar-refractivity contribution in [2.24, 2.45) is 5.73 Å². The molecule has 0 saturated carbocycles. The summed E-state index contributed by atoms with van der Waals surface area (Å²) in [6, 6.07) is 12.8. The molecule has 6 heteroatoms. The summed E-state index contributed by atoms with van der Waals surface area (Å²) in [4.78, 5) is 1.61. The van der Waals surface area contributed by atoms with Gasteiger partial charge in [-0.1, -0.05) is 55.5 Å². The first-order chi connectivity index (χ1) is 14.8. The fraction of sp³-hybridized carbons (Fsp3) is 0.280. The Hall–Kier alpha value is -2.60. The van der Waals surface area contributed by atoms with Gasteiger partial charge in [-0.3, -0.25) is 0 Å². The van der Waals surface area contributed by atoms with Gasteiger partial charge in [0.25, 0.3) is 0 Å². The lowest BCUT2D eigenvalue weighted by atomic mass is 9.91. The van der Waals surface area contributed by atoms with Crippen LogP contribution >= 0.6 is 11.8 Å². The third kappa shape index (κ3) is 5.76. The van der Waals surface area contributed by atoms with Crippen molar-refractivity contribution in [3.8, 4) is 0 Å². The van der Waals surface area contributed by atoms with E-state index in [1.54, 1.807) is 0 Å². The van der Waals surface area contributed by atoms with Crippen molar-refractivity contribution in [2.45, 2.75) is 55.5 Å². The normalized spacial score (nSPS) is 15.1. The van der Waals surface area contributed by atoms with Gasteiger partial charge in [-0.2, -0.15) is 13.2 Å². The van der Waals surface area contributed by atoms with E-state index in [1.807, 2.05) is 30.5 Å². The highest BCUT2D eigenvalue weighted by Gasteiger charge is 2.30. The molecule has 0 atom stereocenters. The molecule has 0 heterocycles. The predicted octanol–water partition coefficient (Wildman–Crippen LogP) is 7.50. The predicted molar refractivity (Wildman–Crippen MR) is 122 cm³/mol. The molecule has 0 aromatic heterocycles. The zero-order chi connectivity index (χ0) is 22.4. The van der Waals surface area contributed by atoms with Gasteiger partial charge in [-0.15, -0.1) is 0 Å². The molecule has 3 N–H and O–H groups in total. The molecule has 31 heavy (non-hydrogen) atoms. The highest BCUT2D eigenvalue weighted by atomic mass is 32.2. The third-order valence-corrected chi connectivity index (χ3v) is 6.40. The second-order valence-electron chi connectivity index (χ2n) is 7.31. The molecule has 0 unspecified atom stereocenters. The van der Waals surface area contributed by atoms with Crippen molar-refractivity contribution in [1.82, 2.24) is 5.32 Å². The van der Waals surface area contributed by atoms with E-state index < -0.39 is 11.7 Å². The maximum Gasteiger partial charge on any atom is 0.416 e. The minimum absolute atomic E-state index is 0.579. The largest absolute Gasteiger partial charge is 0.416 e. The van der Waals surface area contributed by atoms with Crippen molar-refractivity contribution < 1.29 is 13.2 Å². The van der Waals surface area contributed by atoms with Crippen LogP contribution in [0, 0.1) is 0 Å². The van der Waals surface area contributed by atoms with E-state index in [0.717, 1.165) is 58.9 Å². The van der Waals surface area contributed by atoms with Gasteiger partial charge in [0.2, 0.25) is 0 Å². The van der Waals surface area contributed by atoms with Crippen molar-refractivity contribution in [3.63, 3.8) is 0 Å². The average Bonchev–Trinajstić information content (AvgIpc) is 2.77. The highest BCUT2D eigenvalue weighted by molar-refractivity contribution is 7.99. The van der Waals surface area contributed by atoms with E-state index in [1.165, 1.54) is 35.0 Å². The van der Waals surface area contributed by atoms with Gasteiger partial charge in [0, 0.05) is 27.3 Å². The Morgan fingerprint density at radius 3 is 2.42 bits per heavy atom. The number of alkyl halides is 3. The van der Waals surface area contributed by atoms with E-state index in [4.69, 9.17) is 5.73 Å². The highest BCUT2D eigenvalue weighted by Crippen LogP contribution is 2.35. The summed E-state index contributed by atoms with van der Waals surface area (Å²) >= 11 is 1.39. The van der Waals surface area contributed by atoms with Crippen LogP contribution in [0.15, 0.2) is 87.4 Å². The summed E-state index contributed by atoms with van der Waals surface area (Å²) in [5, 5.41) is 3.38. The number of rotatable bonds is 7. The van der Waals surface area contributed by atoms with E-state index >= 15 is 0 Å². The molecule has 0 spiro atoms. The number of hydrogen-bond donors (Lipinski definition) is 2. The summed E-state index contributed by atoms with van der Waals surface area (Å²) in [5.41, 5.74) is 11.1. The fourth-order valence-electron chi connectivity index (χ4n) is 3.70. The average molecular weight is 445 g/mol. The van der Waals surface area contributed by atoms with Gasteiger partial charge in [0.05, 0.1) is 11.3 Å². The zero-order valence-electron chi connectivity index (χ0n) is 17.7. The SMILES string of the molecule is CCC1=C(CC)C(N/C=C(\N)c2ccccc2Sc2ccc(C(F)(F)F)cc2)=CCC1.